The minimum atomic E-state index is -5.17. The maximum absolute atomic E-state index is 12.4. The van der Waals surface area contributed by atoms with Crippen LogP contribution in [0.25, 0.3) is 0 Å². The van der Waals surface area contributed by atoms with Crippen molar-refractivity contribution in [2.24, 2.45) is 69.0 Å². The Morgan fingerprint density at radius 1 is 0.551 bits per heavy atom. The minimum Gasteiger partial charge on any atom is -0.759 e. The van der Waals surface area contributed by atoms with Crippen molar-refractivity contribution in [2.75, 3.05) is 0 Å². The van der Waals surface area contributed by atoms with E-state index >= 15 is 0 Å². The van der Waals surface area contributed by atoms with E-state index in [1.165, 1.54) is 51.4 Å². The van der Waals surface area contributed by atoms with Gasteiger partial charge in [0.25, 0.3) is 0 Å². The topological polar surface area (TPSA) is 155 Å². The summed E-state index contributed by atoms with van der Waals surface area (Å²) in [5, 5.41) is 20.1. The molecular weight excluding hydrogens is 695 g/mol. The largest absolute Gasteiger partial charge is 1.00 e. The molecule has 49 heavy (non-hydrogen) atoms. The Bertz CT molecular complexity index is 1240. The average Bonchev–Trinajstić information content (AvgIpc) is 3.47. The van der Waals surface area contributed by atoms with Gasteiger partial charge in [-0.25, -0.2) is 0 Å². The number of aliphatic hydroxyl groups excluding tert-OH is 2. The molecule has 0 amide bonds. The summed E-state index contributed by atoms with van der Waals surface area (Å²) in [7, 11) is -5.17. The quantitative estimate of drug-likeness (QED) is 0.207. The van der Waals surface area contributed by atoms with Crippen LogP contribution < -0.4 is 103 Å². The van der Waals surface area contributed by atoms with E-state index in [0.717, 1.165) is 99.7 Å². The molecule has 0 radical (unpaired) electrons. The van der Waals surface area contributed by atoms with Crippen LogP contribution in [-0.4, -0.2) is 51.5 Å². The van der Waals surface area contributed by atoms with Crippen molar-refractivity contribution in [3.05, 3.63) is 0 Å². The molecule has 0 bridgehead atoms. The van der Waals surface area contributed by atoms with Crippen molar-refractivity contribution in [3.8, 4) is 0 Å². The number of aliphatic hydroxyl groups is 2. The van der Waals surface area contributed by atoms with Crippen molar-refractivity contribution in [1.29, 1.82) is 0 Å². The van der Waals surface area contributed by atoms with Crippen molar-refractivity contribution < 1.29 is 140 Å². The molecule has 268 valence electrons. The van der Waals surface area contributed by atoms with Crippen LogP contribution in [0.5, 0.6) is 0 Å². The molecule has 0 aromatic rings. The molecule has 14 atom stereocenters. The van der Waals surface area contributed by atoms with E-state index in [-0.39, 0.29) is 126 Å². The Morgan fingerprint density at radius 3 is 1.24 bits per heavy atom. The number of hydrogen-bond acceptors (Lipinski definition) is 8. The summed E-state index contributed by atoms with van der Waals surface area (Å²) in [5.41, 5.74) is 0.904. The predicted molar refractivity (Wildman–Crippen MR) is 176 cm³/mol. The first kappa shape index (κ1) is 44.1. The maximum Gasteiger partial charge on any atom is 1.00 e. The predicted octanol–water partition coefficient (Wildman–Crippen LogP) is 0.588. The molecule has 8 fully saturated rings. The van der Waals surface area contributed by atoms with Gasteiger partial charge in [0.2, 0.25) is 0 Å². The van der Waals surface area contributed by atoms with Gasteiger partial charge in [0.1, 0.15) is 11.6 Å². The van der Waals surface area contributed by atoms with Gasteiger partial charge in [-0.1, -0.05) is 27.7 Å². The van der Waals surface area contributed by atoms with E-state index in [4.69, 9.17) is 17.5 Å². The number of ketones is 2. The molecular formula is C38H60K2O8S. The van der Waals surface area contributed by atoms with Gasteiger partial charge < -0.3 is 19.3 Å². The van der Waals surface area contributed by atoms with Crippen molar-refractivity contribution in [1.82, 2.24) is 0 Å². The first-order chi connectivity index (χ1) is 21.9. The Kier molecular flexibility index (Phi) is 14.8. The zero-order valence-corrected chi connectivity index (χ0v) is 38.3. The molecule has 8 rings (SSSR count). The molecule has 8 saturated carbocycles. The van der Waals surface area contributed by atoms with Crippen LogP contribution in [-0.2, 0) is 20.0 Å². The fourth-order valence-electron chi connectivity index (χ4n) is 14.0. The number of carbonyl (C=O) groups excluding carboxylic acids is 2. The Morgan fingerprint density at radius 2 is 0.898 bits per heavy atom. The fourth-order valence-corrected chi connectivity index (χ4v) is 14.0. The van der Waals surface area contributed by atoms with Gasteiger partial charge in [-0.3, -0.25) is 18.0 Å². The van der Waals surface area contributed by atoms with E-state index in [0.29, 0.717) is 34.2 Å². The van der Waals surface area contributed by atoms with Crippen LogP contribution in [0.15, 0.2) is 0 Å². The van der Waals surface area contributed by atoms with Crippen molar-refractivity contribution in [2.45, 2.75) is 155 Å². The van der Waals surface area contributed by atoms with E-state index in [2.05, 4.69) is 27.7 Å². The third kappa shape index (κ3) is 8.42. The standard InChI is InChI=1S/2C19H30O2.2K.H2O4S/c2*1-18-9-7-13(20)11-12(18)3-4-14-15-5-6-17(21)19(15,2)10-8-16(14)18;;;1-5(2,3)4/h2*12-16,20H,3-11H2,1-2H3;;;(H2,1,2,3,4)/q;;2*+1;/p-2/t12?,13-,14?,15?,16?,18-,19-;12?,13-,14+,15?,16+,18-,19-;;;/m00.../s1. The van der Waals surface area contributed by atoms with E-state index in [1.807, 2.05) is 0 Å². The van der Waals surface area contributed by atoms with Gasteiger partial charge in [-0.2, -0.15) is 0 Å². The van der Waals surface area contributed by atoms with Gasteiger partial charge in [0.05, 0.1) is 12.2 Å². The van der Waals surface area contributed by atoms with Crippen LogP contribution in [0.1, 0.15) is 143 Å². The van der Waals surface area contributed by atoms with Crippen LogP contribution in [0, 0.1) is 69.0 Å². The van der Waals surface area contributed by atoms with Gasteiger partial charge in [0, 0.05) is 34.1 Å². The first-order valence-corrected chi connectivity index (χ1v) is 20.3. The summed E-state index contributed by atoms with van der Waals surface area (Å²) in [6.07, 6.45) is 20.3. The van der Waals surface area contributed by atoms with Crippen LogP contribution in [0.2, 0.25) is 0 Å². The van der Waals surface area contributed by atoms with Crippen LogP contribution in [0.3, 0.4) is 0 Å². The zero-order valence-electron chi connectivity index (χ0n) is 31.3. The summed E-state index contributed by atoms with van der Waals surface area (Å²) in [6, 6.07) is 0. The first-order valence-electron chi connectivity index (χ1n) is 19.0. The van der Waals surface area contributed by atoms with E-state index in [9.17, 15) is 19.8 Å². The van der Waals surface area contributed by atoms with Crippen molar-refractivity contribution >= 4 is 22.0 Å². The average molecular weight is 755 g/mol. The Balaban J connectivity index is 0.000000188. The molecule has 8 aliphatic rings. The summed E-state index contributed by atoms with van der Waals surface area (Å²) in [4.78, 5) is 24.8. The zero-order chi connectivity index (χ0) is 34.2. The number of Topliss-reactive ketones (excluding diaryl/α,β-unsaturated/α-hetero) is 2. The van der Waals surface area contributed by atoms with E-state index < -0.39 is 10.4 Å². The second-order valence-corrected chi connectivity index (χ2v) is 19.2. The smallest absolute Gasteiger partial charge is 0.759 e. The number of fused-ring (bicyclic) bond motifs is 10. The number of rotatable bonds is 0. The molecule has 0 aromatic carbocycles. The fraction of sp³-hybridized carbons (Fsp3) is 0.947. The third-order valence-electron chi connectivity index (χ3n) is 16.7. The molecule has 0 heterocycles. The molecule has 0 aliphatic heterocycles. The molecule has 8 nitrogen and oxygen atoms in total. The summed E-state index contributed by atoms with van der Waals surface area (Å²) in [6.45, 7) is 9.56. The second-order valence-electron chi connectivity index (χ2n) is 18.4. The van der Waals surface area contributed by atoms with Gasteiger partial charge in [-0.05, 0) is 161 Å². The molecule has 8 aliphatic carbocycles. The summed E-state index contributed by atoms with van der Waals surface area (Å²) in [5.74, 6) is 7.07. The second kappa shape index (κ2) is 16.5. The van der Waals surface area contributed by atoms with Crippen LogP contribution >= 0.6 is 0 Å². The summed E-state index contributed by atoms with van der Waals surface area (Å²) < 4.78 is 34.1. The van der Waals surface area contributed by atoms with E-state index in [1.54, 1.807) is 0 Å². The van der Waals surface area contributed by atoms with Gasteiger partial charge in [-0.15, -0.1) is 0 Å². The SMILES string of the molecule is C[C@]12CC[C@H](O)CC1CCC1C2CC[C@]2(C)C(=O)CCC12.C[C@]12CC[C@H](O)CC1CC[C@@H]1C3CCC(=O)[C@@]3(C)CC[C@H]12.O=S(=O)([O-])[O-].[K+].[K+]. The summed E-state index contributed by atoms with van der Waals surface area (Å²) >= 11 is 0. The minimum absolute atomic E-state index is 0. The number of carbonyl (C=O) groups is 2. The molecule has 11 heteroatoms. The normalized spacial score (nSPS) is 49.6. The van der Waals surface area contributed by atoms with Crippen LogP contribution in [0.4, 0.5) is 0 Å². The van der Waals surface area contributed by atoms with Crippen molar-refractivity contribution in [3.63, 3.8) is 0 Å². The Hall–Kier alpha value is 2.40. The maximum atomic E-state index is 12.4. The molecule has 6 unspecified atom stereocenters. The van der Waals surface area contributed by atoms with Gasteiger partial charge >= 0.3 is 103 Å². The van der Waals surface area contributed by atoms with Gasteiger partial charge in [0.15, 0.2) is 0 Å². The monoisotopic (exact) mass is 754 g/mol. The molecule has 2 N–H and O–H groups in total. The molecule has 0 spiro atoms. The Labute approximate surface area is 381 Å². The third-order valence-corrected chi connectivity index (χ3v) is 16.7. The molecule has 0 saturated heterocycles. The number of hydrogen-bond donors (Lipinski definition) is 2. The molecule has 0 aromatic heterocycles.